The van der Waals surface area contributed by atoms with E-state index in [1.54, 1.807) is 24.1 Å². The molecule has 114 valence electrons. The van der Waals surface area contributed by atoms with Crippen molar-refractivity contribution in [2.24, 2.45) is 12.8 Å². The zero-order chi connectivity index (χ0) is 15.5. The van der Waals surface area contributed by atoms with Gasteiger partial charge in [0.25, 0.3) is 0 Å². The predicted octanol–water partition coefficient (Wildman–Crippen LogP) is 2.52. The summed E-state index contributed by atoms with van der Waals surface area (Å²) in [6.07, 6.45) is -0.518. The van der Waals surface area contributed by atoms with Crippen LogP contribution in [0.25, 0.3) is 0 Å². The van der Waals surface area contributed by atoms with Gasteiger partial charge < -0.3 is 10.5 Å². The highest BCUT2D eigenvalue weighted by atomic mass is 19.4. The van der Waals surface area contributed by atoms with Gasteiger partial charge in [0.05, 0.1) is 18.4 Å². The van der Waals surface area contributed by atoms with Crippen LogP contribution >= 0.6 is 0 Å². The van der Waals surface area contributed by atoms with Gasteiger partial charge in [0.1, 0.15) is 5.75 Å². The second kappa shape index (κ2) is 6.17. The lowest BCUT2D eigenvalue weighted by molar-refractivity contribution is -0.139. The average molecular weight is 299 g/mol. The van der Waals surface area contributed by atoms with Crippen molar-refractivity contribution in [2.75, 3.05) is 6.61 Å². The highest BCUT2D eigenvalue weighted by molar-refractivity contribution is 5.39. The molecule has 0 atom stereocenters. The van der Waals surface area contributed by atoms with Gasteiger partial charge in [0.15, 0.2) is 0 Å². The SMILES string of the molecule is Cn1cc(CCOc2ccc(CN)cc2C(F)(F)F)cn1. The normalized spacial score (nSPS) is 11.7. The van der Waals surface area contributed by atoms with Gasteiger partial charge in [0, 0.05) is 26.2 Å². The van der Waals surface area contributed by atoms with Crippen molar-refractivity contribution in [3.8, 4) is 5.75 Å². The van der Waals surface area contributed by atoms with Crippen LogP contribution < -0.4 is 10.5 Å². The number of hydrogen-bond acceptors (Lipinski definition) is 3. The third kappa shape index (κ3) is 3.98. The van der Waals surface area contributed by atoms with E-state index in [1.165, 1.54) is 12.1 Å². The second-order valence-electron chi connectivity index (χ2n) is 4.65. The first-order chi connectivity index (χ1) is 9.90. The van der Waals surface area contributed by atoms with Crippen LogP contribution in [0.5, 0.6) is 5.75 Å². The minimum Gasteiger partial charge on any atom is -0.493 e. The van der Waals surface area contributed by atoms with Gasteiger partial charge in [-0.15, -0.1) is 0 Å². The van der Waals surface area contributed by atoms with Crippen LogP contribution in [-0.2, 0) is 26.2 Å². The first-order valence-electron chi connectivity index (χ1n) is 6.40. The van der Waals surface area contributed by atoms with Gasteiger partial charge in [0.2, 0.25) is 0 Å². The van der Waals surface area contributed by atoms with Crippen LogP contribution in [0.3, 0.4) is 0 Å². The number of alkyl halides is 3. The van der Waals surface area contributed by atoms with E-state index in [1.807, 2.05) is 0 Å². The lowest BCUT2D eigenvalue weighted by Gasteiger charge is -2.15. The van der Waals surface area contributed by atoms with Crippen molar-refractivity contribution in [1.82, 2.24) is 9.78 Å². The molecule has 0 saturated carbocycles. The van der Waals surface area contributed by atoms with E-state index in [2.05, 4.69) is 5.10 Å². The number of ether oxygens (including phenoxy) is 1. The van der Waals surface area contributed by atoms with Crippen molar-refractivity contribution >= 4 is 0 Å². The van der Waals surface area contributed by atoms with E-state index in [0.29, 0.717) is 12.0 Å². The number of benzene rings is 1. The van der Waals surface area contributed by atoms with Crippen molar-refractivity contribution in [3.63, 3.8) is 0 Å². The third-order valence-corrected chi connectivity index (χ3v) is 2.99. The fourth-order valence-electron chi connectivity index (χ4n) is 1.93. The molecule has 0 aliphatic rings. The van der Waals surface area contributed by atoms with Crippen molar-refractivity contribution < 1.29 is 17.9 Å². The molecule has 21 heavy (non-hydrogen) atoms. The van der Waals surface area contributed by atoms with E-state index in [0.717, 1.165) is 11.6 Å². The Morgan fingerprint density at radius 1 is 1.29 bits per heavy atom. The van der Waals surface area contributed by atoms with E-state index in [4.69, 9.17) is 10.5 Å². The molecule has 0 spiro atoms. The molecule has 1 aromatic heterocycles. The Labute approximate surface area is 120 Å². The van der Waals surface area contributed by atoms with Crippen molar-refractivity contribution in [2.45, 2.75) is 19.1 Å². The largest absolute Gasteiger partial charge is 0.493 e. The number of halogens is 3. The summed E-state index contributed by atoms with van der Waals surface area (Å²) in [5.74, 6) is -0.177. The second-order valence-corrected chi connectivity index (χ2v) is 4.65. The van der Waals surface area contributed by atoms with Crippen molar-refractivity contribution in [3.05, 3.63) is 47.3 Å². The molecule has 4 nitrogen and oxygen atoms in total. The summed E-state index contributed by atoms with van der Waals surface area (Å²) in [4.78, 5) is 0. The Morgan fingerprint density at radius 2 is 2.05 bits per heavy atom. The molecule has 0 bridgehead atoms. The molecule has 0 unspecified atom stereocenters. The van der Waals surface area contributed by atoms with E-state index < -0.39 is 11.7 Å². The third-order valence-electron chi connectivity index (χ3n) is 2.99. The summed E-state index contributed by atoms with van der Waals surface area (Å²) in [5, 5.41) is 3.99. The Bertz CT molecular complexity index is 608. The molecule has 0 radical (unpaired) electrons. The van der Waals surface area contributed by atoms with Gasteiger partial charge in [-0.25, -0.2) is 0 Å². The van der Waals surface area contributed by atoms with E-state index >= 15 is 0 Å². The zero-order valence-corrected chi connectivity index (χ0v) is 11.5. The molecular weight excluding hydrogens is 283 g/mol. The Morgan fingerprint density at radius 3 is 2.62 bits per heavy atom. The monoisotopic (exact) mass is 299 g/mol. The van der Waals surface area contributed by atoms with Gasteiger partial charge in [-0.05, 0) is 23.3 Å². The first-order valence-corrected chi connectivity index (χ1v) is 6.40. The number of nitrogens with zero attached hydrogens (tertiary/aromatic N) is 2. The van der Waals surface area contributed by atoms with E-state index in [-0.39, 0.29) is 18.9 Å². The van der Waals surface area contributed by atoms with Crippen LogP contribution in [0.1, 0.15) is 16.7 Å². The molecule has 0 amide bonds. The topological polar surface area (TPSA) is 53.1 Å². The maximum absolute atomic E-state index is 13.0. The van der Waals surface area contributed by atoms with Gasteiger partial charge in [-0.3, -0.25) is 4.68 Å². The van der Waals surface area contributed by atoms with Crippen LogP contribution in [0.2, 0.25) is 0 Å². The van der Waals surface area contributed by atoms with E-state index in [9.17, 15) is 13.2 Å². The van der Waals surface area contributed by atoms with Crippen LogP contribution in [0.15, 0.2) is 30.6 Å². The standard InChI is InChI=1S/C14H16F3N3O/c1-20-9-11(8-19-20)4-5-21-13-3-2-10(7-18)6-12(13)14(15,16)17/h2-3,6,8-9H,4-5,7,18H2,1H3. The highest BCUT2D eigenvalue weighted by Crippen LogP contribution is 2.36. The molecule has 2 aromatic rings. The lowest BCUT2D eigenvalue weighted by atomic mass is 10.1. The molecule has 0 aliphatic carbocycles. The molecule has 0 aliphatic heterocycles. The molecule has 2 rings (SSSR count). The van der Waals surface area contributed by atoms with Gasteiger partial charge in [-0.2, -0.15) is 18.3 Å². The summed E-state index contributed by atoms with van der Waals surface area (Å²) in [6.45, 7) is 0.204. The molecule has 2 N–H and O–H groups in total. The maximum atomic E-state index is 13.0. The Hall–Kier alpha value is -2.02. The fraction of sp³-hybridized carbons (Fsp3) is 0.357. The smallest absolute Gasteiger partial charge is 0.419 e. The minimum atomic E-state index is -4.46. The summed E-state index contributed by atoms with van der Waals surface area (Å²) in [6, 6.07) is 3.88. The fourth-order valence-corrected chi connectivity index (χ4v) is 1.93. The molecule has 1 heterocycles. The Kier molecular flexibility index (Phi) is 4.52. The highest BCUT2D eigenvalue weighted by Gasteiger charge is 2.34. The number of rotatable bonds is 5. The number of aromatic nitrogens is 2. The summed E-state index contributed by atoms with van der Waals surface area (Å²) < 4.78 is 45.9. The predicted molar refractivity (Wildman–Crippen MR) is 71.7 cm³/mol. The van der Waals surface area contributed by atoms with Crippen LogP contribution in [0, 0.1) is 0 Å². The Balaban J connectivity index is 2.08. The number of nitrogens with two attached hydrogens (primary N) is 1. The minimum absolute atomic E-state index is 0.0546. The summed E-state index contributed by atoms with van der Waals surface area (Å²) in [5.41, 5.74) is 5.90. The lowest BCUT2D eigenvalue weighted by Crippen LogP contribution is -2.11. The molecule has 0 fully saturated rings. The summed E-state index contributed by atoms with van der Waals surface area (Å²) >= 11 is 0. The molecule has 1 aromatic carbocycles. The maximum Gasteiger partial charge on any atom is 0.419 e. The van der Waals surface area contributed by atoms with Crippen molar-refractivity contribution in [1.29, 1.82) is 0 Å². The number of aryl methyl sites for hydroxylation is 1. The average Bonchev–Trinajstić information content (AvgIpc) is 2.83. The first kappa shape index (κ1) is 15.4. The molecule has 7 heteroatoms. The zero-order valence-electron chi connectivity index (χ0n) is 11.5. The van der Waals surface area contributed by atoms with Crippen LogP contribution in [0.4, 0.5) is 13.2 Å². The quantitative estimate of drug-likeness (QED) is 0.923. The summed E-state index contributed by atoms with van der Waals surface area (Å²) in [7, 11) is 1.78. The molecular formula is C14H16F3N3O. The van der Waals surface area contributed by atoms with Crippen LogP contribution in [-0.4, -0.2) is 16.4 Å². The van der Waals surface area contributed by atoms with Gasteiger partial charge >= 0.3 is 6.18 Å². The number of hydrogen-bond donors (Lipinski definition) is 1. The molecule has 0 saturated heterocycles. The van der Waals surface area contributed by atoms with Gasteiger partial charge in [-0.1, -0.05) is 6.07 Å².